The minimum absolute atomic E-state index is 0.0175. The van der Waals surface area contributed by atoms with Gasteiger partial charge in [-0.1, -0.05) is 42.5 Å². The number of rotatable bonds is 5. The summed E-state index contributed by atoms with van der Waals surface area (Å²) in [6.45, 7) is 5.38. The average Bonchev–Trinajstić information content (AvgIpc) is 3.30. The van der Waals surface area contributed by atoms with Crippen LogP contribution in [0.4, 0.5) is 16.2 Å². The number of nitrogens with one attached hydrogen (secondary N) is 1. The number of amides is 3. The minimum Gasteiger partial charge on any atom is -0.319 e. The Labute approximate surface area is 180 Å². The van der Waals surface area contributed by atoms with Gasteiger partial charge in [-0.25, -0.2) is 4.79 Å². The van der Waals surface area contributed by atoms with Gasteiger partial charge in [0.2, 0.25) is 0 Å². The van der Waals surface area contributed by atoms with E-state index < -0.39 is 0 Å². The zero-order valence-corrected chi connectivity index (χ0v) is 18.0. The number of carbonyl (C=O) groups is 2. The van der Waals surface area contributed by atoms with E-state index in [9.17, 15) is 9.59 Å². The molecule has 0 radical (unpaired) electrons. The average molecular weight is 420 g/mol. The molecule has 2 aromatic carbocycles. The Morgan fingerprint density at radius 3 is 2.60 bits per heavy atom. The first-order valence-corrected chi connectivity index (χ1v) is 11.0. The Kier molecular flexibility index (Phi) is 5.86. The third kappa shape index (κ3) is 4.09. The first kappa shape index (κ1) is 20.2. The number of hydrogen-bond donors (Lipinski definition) is 1. The third-order valence-corrected chi connectivity index (χ3v) is 6.31. The van der Waals surface area contributed by atoms with Gasteiger partial charge in [-0.05, 0) is 55.0 Å². The molecule has 1 fully saturated rings. The lowest BCUT2D eigenvalue weighted by atomic mass is 10.1. The topological polar surface area (TPSA) is 52.6 Å². The molecule has 154 valence electrons. The molecule has 5 nitrogen and oxygen atoms in total. The van der Waals surface area contributed by atoms with Crippen LogP contribution in [0.1, 0.15) is 40.2 Å². The molecule has 1 saturated heterocycles. The van der Waals surface area contributed by atoms with Crippen LogP contribution in [0.5, 0.6) is 0 Å². The largest absolute Gasteiger partial charge is 0.325 e. The van der Waals surface area contributed by atoms with Gasteiger partial charge in [-0.3, -0.25) is 9.69 Å². The maximum Gasteiger partial charge on any atom is 0.325 e. The van der Waals surface area contributed by atoms with Crippen molar-refractivity contribution in [2.75, 3.05) is 23.3 Å². The molecular weight excluding hydrogens is 394 g/mol. The molecule has 30 heavy (non-hydrogen) atoms. The molecule has 1 aliphatic heterocycles. The van der Waals surface area contributed by atoms with Crippen LogP contribution in [0.3, 0.4) is 0 Å². The van der Waals surface area contributed by atoms with E-state index in [2.05, 4.69) is 24.4 Å². The molecule has 0 spiro atoms. The Balaban J connectivity index is 1.61. The number of aryl methyl sites for hydroxylation is 1. The predicted molar refractivity (Wildman–Crippen MR) is 122 cm³/mol. The van der Waals surface area contributed by atoms with Gasteiger partial charge in [0, 0.05) is 13.1 Å². The second-order valence-corrected chi connectivity index (χ2v) is 8.47. The summed E-state index contributed by atoms with van der Waals surface area (Å²) < 4.78 is 0. The van der Waals surface area contributed by atoms with Crippen molar-refractivity contribution in [2.45, 2.75) is 26.3 Å². The third-order valence-electron chi connectivity index (χ3n) is 5.44. The Bertz CT molecular complexity index is 1030. The number of nitrogens with zero attached hydrogens (tertiary/aromatic N) is 2. The standard InChI is InChI=1S/C24H25N3O2S/c1-17-11-12-21(20(16-17)25-23(28)22-10-6-15-30-22)27-14-7-13-26(24(27)29)18(2)19-8-4-3-5-9-19/h3-6,8-12,15-16,18H,7,13-14H2,1-2H3,(H,25,28). The molecule has 6 heteroatoms. The number of anilines is 2. The molecule has 0 aliphatic carbocycles. The molecule has 0 bridgehead atoms. The maximum atomic E-state index is 13.4. The molecule has 1 aromatic heterocycles. The van der Waals surface area contributed by atoms with Crippen LogP contribution in [-0.2, 0) is 0 Å². The number of hydrogen-bond acceptors (Lipinski definition) is 3. The predicted octanol–water partition coefficient (Wildman–Crippen LogP) is 5.70. The van der Waals surface area contributed by atoms with Crippen molar-refractivity contribution >= 4 is 34.6 Å². The molecule has 3 amide bonds. The van der Waals surface area contributed by atoms with E-state index in [0.717, 1.165) is 23.2 Å². The zero-order valence-electron chi connectivity index (χ0n) is 17.2. The second-order valence-electron chi connectivity index (χ2n) is 7.52. The van der Waals surface area contributed by atoms with Crippen molar-refractivity contribution in [2.24, 2.45) is 0 Å². The van der Waals surface area contributed by atoms with Gasteiger partial charge < -0.3 is 10.2 Å². The summed E-state index contributed by atoms with van der Waals surface area (Å²) in [5.41, 5.74) is 3.54. The number of carbonyl (C=O) groups excluding carboxylic acids is 2. The van der Waals surface area contributed by atoms with Gasteiger partial charge in [-0.15, -0.1) is 11.3 Å². The van der Waals surface area contributed by atoms with E-state index in [0.29, 0.717) is 23.7 Å². The Morgan fingerprint density at radius 2 is 1.87 bits per heavy atom. The molecule has 2 heterocycles. The highest BCUT2D eigenvalue weighted by Crippen LogP contribution is 2.33. The van der Waals surface area contributed by atoms with E-state index in [1.165, 1.54) is 11.3 Å². The molecule has 4 rings (SSSR count). The number of benzene rings is 2. The first-order valence-electron chi connectivity index (χ1n) is 10.1. The SMILES string of the molecule is Cc1ccc(N2CCCN(C(C)c3ccccc3)C2=O)c(NC(=O)c2cccs2)c1. The van der Waals surface area contributed by atoms with Crippen molar-refractivity contribution in [3.8, 4) is 0 Å². The summed E-state index contributed by atoms with van der Waals surface area (Å²) in [5, 5.41) is 4.88. The van der Waals surface area contributed by atoms with Crippen molar-refractivity contribution in [1.29, 1.82) is 0 Å². The van der Waals surface area contributed by atoms with Gasteiger partial charge in [0.05, 0.1) is 22.3 Å². The molecular formula is C24H25N3O2S. The van der Waals surface area contributed by atoms with Crippen LogP contribution in [0.15, 0.2) is 66.0 Å². The van der Waals surface area contributed by atoms with Crippen LogP contribution in [0, 0.1) is 6.92 Å². The van der Waals surface area contributed by atoms with Crippen molar-refractivity contribution in [1.82, 2.24) is 4.90 Å². The van der Waals surface area contributed by atoms with Crippen molar-refractivity contribution in [3.05, 3.63) is 82.0 Å². The second kappa shape index (κ2) is 8.71. The van der Waals surface area contributed by atoms with Gasteiger partial charge in [-0.2, -0.15) is 0 Å². The quantitative estimate of drug-likeness (QED) is 0.576. The highest BCUT2D eigenvalue weighted by molar-refractivity contribution is 7.12. The number of thiophene rings is 1. The molecule has 0 saturated carbocycles. The monoisotopic (exact) mass is 419 g/mol. The summed E-state index contributed by atoms with van der Waals surface area (Å²) in [4.78, 5) is 30.4. The summed E-state index contributed by atoms with van der Waals surface area (Å²) in [6, 6.07) is 19.5. The van der Waals surface area contributed by atoms with Gasteiger partial charge in [0.1, 0.15) is 0 Å². The highest BCUT2D eigenvalue weighted by Gasteiger charge is 2.32. The van der Waals surface area contributed by atoms with E-state index in [-0.39, 0.29) is 18.0 Å². The fourth-order valence-electron chi connectivity index (χ4n) is 3.82. The molecule has 1 atom stereocenters. The maximum absolute atomic E-state index is 13.4. The molecule has 3 aromatic rings. The van der Waals surface area contributed by atoms with Crippen molar-refractivity contribution in [3.63, 3.8) is 0 Å². The molecule has 1 unspecified atom stereocenters. The minimum atomic E-state index is -0.157. The van der Waals surface area contributed by atoms with Crippen LogP contribution in [0.25, 0.3) is 0 Å². The summed E-state index contributed by atoms with van der Waals surface area (Å²) in [7, 11) is 0. The van der Waals surface area contributed by atoms with E-state index >= 15 is 0 Å². The van der Waals surface area contributed by atoms with Crippen LogP contribution in [-0.4, -0.2) is 29.9 Å². The Morgan fingerprint density at radius 1 is 1.07 bits per heavy atom. The number of urea groups is 1. The van der Waals surface area contributed by atoms with Crippen LogP contribution >= 0.6 is 11.3 Å². The van der Waals surface area contributed by atoms with E-state index in [1.807, 2.05) is 59.7 Å². The van der Waals surface area contributed by atoms with E-state index in [4.69, 9.17) is 0 Å². The first-order chi connectivity index (χ1) is 14.5. The lowest BCUT2D eigenvalue weighted by Crippen LogP contribution is -2.50. The summed E-state index contributed by atoms with van der Waals surface area (Å²) in [6.07, 6.45) is 0.870. The summed E-state index contributed by atoms with van der Waals surface area (Å²) in [5.74, 6) is -0.157. The highest BCUT2D eigenvalue weighted by atomic mass is 32.1. The van der Waals surface area contributed by atoms with Crippen LogP contribution in [0.2, 0.25) is 0 Å². The van der Waals surface area contributed by atoms with Gasteiger partial charge in [0.25, 0.3) is 5.91 Å². The van der Waals surface area contributed by atoms with E-state index in [1.54, 1.807) is 11.0 Å². The normalized spacial score (nSPS) is 15.2. The summed E-state index contributed by atoms with van der Waals surface area (Å²) >= 11 is 1.40. The fourth-order valence-corrected chi connectivity index (χ4v) is 4.44. The van der Waals surface area contributed by atoms with Crippen LogP contribution < -0.4 is 10.2 Å². The Hall–Kier alpha value is -3.12. The molecule has 1 aliphatic rings. The fraction of sp³-hybridized carbons (Fsp3) is 0.250. The smallest absolute Gasteiger partial charge is 0.319 e. The molecule has 1 N–H and O–H groups in total. The van der Waals surface area contributed by atoms with Gasteiger partial charge in [0.15, 0.2) is 0 Å². The lowest BCUT2D eigenvalue weighted by Gasteiger charge is -2.39. The van der Waals surface area contributed by atoms with Crippen molar-refractivity contribution < 1.29 is 9.59 Å². The zero-order chi connectivity index (χ0) is 21.1. The van der Waals surface area contributed by atoms with Gasteiger partial charge >= 0.3 is 6.03 Å². The lowest BCUT2D eigenvalue weighted by molar-refractivity contribution is 0.103.